The molecule has 1 nitrogen and oxygen atoms in total. The Bertz CT molecular complexity index is 548. The van der Waals surface area contributed by atoms with Gasteiger partial charge in [0.05, 0.1) is 14.7 Å². The molecular weight excluding hydrogens is 297 g/mol. The highest BCUT2D eigenvalue weighted by molar-refractivity contribution is 7.20. The summed E-state index contributed by atoms with van der Waals surface area (Å²) in [5.41, 5.74) is 9.55. The van der Waals surface area contributed by atoms with Crippen LogP contribution >= 0.6 is 34.5 Å². The van der Waals surface area contributed by atoms with Gasteiger partial charge in [-0.05, 0) is 29.5 Å². The largest absolute Gasteiger partial charge is 0.320 e. The van der Waals surface area contributed by atoms with Crippen molar-refractivity contribution >= 4 is 34.5 Å². The number of benzene rings is 1. The van der Waals surface area contributed by atoms with Gasteiger partial charge in [-0.3, -0.25) is 0 Å². The fourth-order valence-corrected chi connectivity index (χ4v) is 3.56. The minimum absolute atomic E-state index is 0.220. The second-order valence-corrected chi connectivity index (χ2v) is 7.02. The SMILES string of the molecule is CCC(C)c1ccc(C(N)c2cc(Cl)sc2Cl)cc1. The van der Waals surface area contributed by atoms with Crippen molar-refractivity contribution in [3.63, 3.8) is 0 Å². The quantitative estimate of drug-likeness (QED) is 0.779. The molecule has 0 radical (unpaired) electrons. The average Bonchev–Trinajstić information content (AvgIpc) is 2.76. The van der Waals surface area contributed by atoms with E-state index >= 15 is 0 Å². The van der Waals surface area contributed by atoms with Gasteiger partial charge < -0.3 is 5.73 Å². The zero-order valence-corrected chi connectivity index (χ0v) is 13.3. The van der Waals surface area contributed by atoms with Crippen molar-refractivity contribution in [1.82, 2.24) is 0 Å². The summed E-state index contributed by atoms with van der Waals surface area (Å²) < 4.78 is 1.34. The smallest absolute Gasteiger partial charge is 0.0995 e. The predicted octanol–water partition coefficient (Wildman–Crippen LogP) is 5.62. The third kappa shape index (κ3) is 3.32. The molecule has 2 unspecified atom stereocenters. The third-order valence-corrected chi connectivity index (χ3v) is 5.01. The maximum atomic E-state index is 6.25. The maximum absolute atomic E-state index is 6.25. The maximum Gasteiger partial charge on any atom is 0.0995 e. The van der Waals surface area contributed by atoms with Gasteiger partial charge in [0.15, 0.2) is 0 Å². The Labute approximate surface area is 128 Å². The Morgan fingerprint density at radius 3 is 2.21 bits per heavy atom. The molecule has 2 rings (SSSR count). The van der Waals surface area contributed by atoms with Gasteiger partial charge in [-0.1, -0.05) is 61.3 Å². The van der Waals surface area contributed by atoms with Crippen molar-refractivity contribution in [3.05, 3.63) is 55.7 Å². The number of nitrogens with two attached hydrogens (primary N) is 1. The minimum atomic E-state index is -0.220. The lowest BCUT2D eigenvalue weighted by molar-refractivity contribution is 0.732. The molecule has 0 aliphatic carbocycles. The highest BCUT2D eigenvalue weighted by Crippen LogP contribution is 2.36. The van der Waals surface area contributed by atoms with E-state index in [0.717, 1.165) is 17.5 Å². The summed E-state index contributed by atoms with van der Waals surface area (Å²) in [6.07, 6.45) is 1.14. The van der Waals surface area contributed by atoms with Gasteiger partial charge in [-0.25, -0.2) is 0 Å². The number of hydrogen-bond donors (Lipinski definition) is 1. The van der Waals surface area contributed by atoms with Crippen LogP contribution in [0.1, 0.15) is 48.9 Å². The van der Waals surface area contributed by atoms with Crippen molar-refractivity contribution in [2.45, 2.75) is 32.2 Å². The van der Waals surface area contributed by atoms with Crippen LogP contribution < -0.4 is 5.73 Å². The molecule has 2 atom stereocenters. The Hall–Kier alpha value is -0.540. The predicted molar refractivity (Wildman–Crippen MR) is 85.5 cm³/mol. The van der Waals surface area contributed by atoms with Crippen molar-refractivity contribution in [2.75, 3.05) is 0 Å². The summed E-state index contributed by atoms with van der Waals surface area (Å²) in [4.78, 5) is 0. The van der Waals surface area contributed by atoms with E-state index in [9.17, 15) is 0 Å². The molecule has 1 aromatic heterocycles. The second-order valence-electron chi connectivity index (χ2n) is 4.73. The first-order valence-corrected chi connectivity index (χ1v) is 7.90. The van der Waals surface area contributed by atoms with E-state index in [-0.39, 0.29) is 6.04 Å². The van der Waals surface area contributed by atoms with Crippen LogP contribution in [0.5, 0.6) is 0 Å². The van der Waals surface area contributed by atoms with Gasteiger partial charge >= 0.3 is 0 Å². The van der Waals surface area contributed by atoms with Crippen molar-refractivity contribution in [2.24, 2.45) is 5.73 Å². The van der Waals surface area contributed by atoms with E-state index in [2.05, 4.69) is 38.1 Å². The van der Waals surface area contributed by atoms with Crippen LogP contribution in [0.15, 0.2) is 30.3 Å². The van der Waals surface area contributed by atoms with Crippen LogP contribution in [-0.4, -0.2) is 0 Å². The standard InChI is InChI=1S/C15H17Cl2NS/c1-3-9(2)10-4-6-11(7-5-10)14(18)12-8-13(16)19-15(12)17/h4-9,14H,3,18H2,1-2H3. The first-order valence-electron chi connectivity index (χ1n) is 6.33. The molecule has 0 fully saturated rings. The minimum Gasteiger partial charge on any atom is -0.320 e. The molecule has 4 heteroatoms. The third-order valence-electron chi connectivity index (χ3n) is 3.50. The average molecular weight is 314 g/mol. The molecule has 0 aliphatic heterocycles. The van der Waals surface area contributed by atoms with Crippen LogP contribution in [0.4, 0.5) is 0 Å². The molecular formula is C15H17Cl2NS. The van der Waals surface area contributed by atoms with E-state index in [1.807, 2.05) is 6.07 Å². The highest BCUT2D eigenvalue weighted by atomic mass is 35.5. The first kappa shape index (κ1) is 14.9. The lowest BCUT2D eigenvalue weighted by atomic mass is 9.95. The van der Waals surface area contributed by atoms with Gasteiger partial charge in [-0.2, -0.15) is 0 Å². The first-order chi connectivity index (χ1) is 9.02. The van der Waals surface area contributed by atoms with Crippen LogP contribution in [0, 0.1) is 0 Å². The molecule has 1 heterocycles. The molecule has 0 spiro atoms. The fraction of sp³-hybridized carbons (Fsp3) is 0.333. The molecule has 0 saturated heterocycles. The Kier molecular flexibility index (Phi) is 4.91. The summed E-state index contributed by atoms with van der Waals surface area (Å²) in [7, 11) is 0. The van der Waals surface area contributed by atoms with Gasteiger partial charge in [0.2, 0.25) is 0 Å². The molecule has 0 saturated carbocycles. The summed E-state index contributed by atoms with van der Waals surface area (Å²) >= 11 is 13.5. The number of hydrogen-bond acceptors (Lipinski definition) is 2. The number of thiophene rings is 1. The zero-order valence-electron chi connectivity index (χ0n) is 11.0. The Morgan fingerprint density at radius 1 is 1.16 bits per heavy atom. The molecule has 1 aromatic carbocycles. The van der Waals surface area contributed by atoms with E-state index in [1.165, 1.54) is 16.9 Å². The van der Waals surface area contributed by atoms with Crippen molar-refractivity contribution in [1.29, 1.82) is 0 Å². The van der Waals surface area contributed by atoms with Crippen molar-refractivity contribution < 1.29 is 0 Å². The molecule has 0 bridgehead atoms. The molecule has 19 heavy (non-hydrogen) atoms. The normalized spacial score (nSPS) is 14.4. The van der Waals surface area contributed by atoms with Gasteiger partial charge in [0.1, 0.15) is 0 Å². The van der Waals surface area contributed by atoms with Crippen LogP contribution in [0.25, 0.3) is 0 Å². The van der Waals surface area contributed by atoms with E-state index < -0.39 is 0 Å². The highest BCUT2D eigenvalue weighted by Gasteiger charge is 2.16. The van der Waals surface area contributed by atoms with Gasteiger partial charge in [0.25, 0.3) is 0 Å². The van der Waals surface area contributed by atoms with Crippen molar-refractivity contribution in [3.8, 4) is 0 Å². The Balaban J connectivity index is 2.25. The second kappa shape index (κ2) is 6.27. The summed E-state index contributed by atoms with van der Waals surface area (Å²) in [5.74, 6) is 0.574. The van der Waals surface area contributed by atoms with Crippen LogP contribution in [0.3, 0.4) is 0 Å². The van der Waals surface area contributed by atoms with Crippen LogP contribution in [0.2, 0.25) is 8.67 Å². The number of rotatable bonds is 4. The monoisotopic (exact) mass is 313 g/mol. The van der Waals surface area contributed by atoms with E-state index in [1.54, 1.807) is 0 Å². The lowest BCUT2D eigenvalue weighted by Crippen LogP contribution is -2.11. The van der Waals surface area contributed by atoms with E-state index in [4.69, 9.17) is 28.9 Å². The summed E-state index contributed by atoms with van der Waals surface area (Å²) in [6.45, 7) is 4.42. The lowest BCUT2D eigenvalue weighted by Gasteiger charge is -2.14. The van der Waals surface area contributed by atoms with Gasteiger partial charge in [0, 0.05) is 5.56 Å². The molecule has 102 valence electrons. The van der Waals surface area contributed by atoms with E-state index in [0.29, 0.717) is 14.6 Å². The molecule has 0 amide bonds. The molecule has 2 aromatic rings. The summed E-state index contributed by atoms with van der Waals surface area (Å²) in [6, 6.07) is 10.1. The fourth-order valence-electron chi connectivity index (χ4n) is 2.01. The zero-order chi connectivity index (χ0) is 14.0. The molecule has 2 N–H and O–H groups in total. The summed E-state index contributed by atoms with van der Waals surface area (Å²) in [5, 5.41) is 0. The Morgan fingerprint density at radius 2 is 1.74 bits per heavy atom. The number of halogens is 2. The topological polar surface area (TPSA) is 26.0 Å². The van der Waals surface area contributed by atoms with Crippen LogP contribution in [-0.2, 0) is 0 Å². The molecule has 0 aliphatic rings. The van der Waals surface area contributed by atoms with Gasteiger partial charge in [-0.15, -0.1) is 11.3 Å².